The maximum Gasteiger partial charge on any atom is 0.114 e. The first-order chi connectivity index (χ1) is 11.7. The van der Waals surface area contributed by atoms with Crippen LogP contribution in [0.3, 0.4) is 0 Å². The van der Waals surface area contributed by atoms with Crippen LogP contribution in [0.25, 0.3) is 0 Å². The maximum atomic E-state index is 10.0. The normalized spacial score (nSPS) is 25.6. The summed E-state index contributed by atoms with van der Waals surface area (Å²) >= 11 is 0. The van der Waals surface area contributed by atoms with Crippen LogP contribution in [0.5, 0.6) is 0 Å². The second kappa shape index (κ2) is 13.8. The van der Waals surface area contributed by atoms with E-state index >= 15 is 0 Å². The van der Waals surface area contributed by atoms with Crippen LogP contribution < -0.4 is 0 Å². The largest absolute Gasteiger partial charge is 0.394 e. The Labute approximate surface area is 146 Å². The molecule has 0 spiro atoms. The molecule has 0 saturated carbocycles. The lowest BCUT2D eigenvalue weighted by Crippen LogP contribution is -2.41. The minimum absolute atomic E-state index is 0.274. The number of aliphatic hydroxyl groups excluding tert-OH is 3. The van der Waals surface area contributed by atoms with Gasteiger partial charge in [-0.2, -0.15) is 0 Å². The lowest BCUT2D eigenvalue weighted by Gasteiger charge is -2.20. The van der Waals surface area contributed by atoms with E-state index in [-0.39, 0.29) is 6.61 Å². The molecule has 1 aliphatic rings. The lowest BCUT2D eigenvalue weighted by molar-refractivity contribution is -0.0730. The predicted molar refractivity (Wildman–Crippen MR) is 94.9 cm³/mol. The Morgan fingerprint density at radius 3 is 2.33 bits per heavy atom. The third-order valence-electron chi connectivity index (χ3n) is 4.57. The molecule has 5 nitrogen and oxygen atoms in total. The van der Waals surface area contributed by atoms with Crippen molar-refractivity contribution in [3.05, 3.63) is 12.2 Å². The van der Waals surface area contributed by atoms with E-state index < -0.39 is 31.0 Å². The molecule has 0 aromatic heterocycles. The highest BCUT2D eigenvalue weighted by molar-refractivity contribution is 4.88. The minimum atomic E-state index is -1.05. The van der Waals surface area contributed by atoms with Crippen LogP contribution in [0.2, 0.25) is 0 Å². The van der Waals surface area contributed by atoms with Crippen molar-refractivity contribution in [2.24, 2.45) is 0 Å². The molecule has 0 aromatic rings. The number of rotatable bonds is 14. The second-order valence-corrected chi connectivity index (χ2v) is 6.63. The smallest absolute Gasteiger partial charge is 0.114 e. The standard InChI is InChI=1S/C19H36O5/c1-2-3-4-5-6-7-8-9-10-11-12-13-23-17-15-24-19(18(17)22)16(21)14-20/h2-3,16-22H,4-15H2,1H3/b3-2+/t16-,17+,18-,19-/m1/s1. The summed E-state index contributed by atoms with van der Waals surface area (Å²) in [5, 5.41) is 28.4. The minimum Gasteiger partial charge on any atom is -0.394 e. The third kappa shape index (κ3) is 8.58. The Morgan fingerprint density at radius 2 is 1.71 bits per heavy atom. The van der Waals surface area contributed by atoms with Crippen LogP contribution in [0, 0.1) is 0 Å². The Kier molecular flexibility index (Phi) is 12.4. The topological polar surface area (TPSA) is 79.2 Å². The Morgan fingerprint density at radius 1 is 1.08 bits per heavy atom. The van der Waals surface area contributed by atoms with E-state index in [1.54, 1.807) is 0 Å². The van der Waals surface area contributed by atoms with Gasteiger partial charge in [0.1, 0.15) is 24.4 Å². The molecule has 0 unspecified atom stereocenters. The number of aliphatic hydroxyl groups is 3. The van der Waals surface area contributed by atoms with Gasteiger partial charge < -0.3 is 24.8 Å². The fourth-order valence-electron chi connectivity index (χ4n) is 3.03. The Bertz CT molecular complexity index is 321. The number of unbranched alkanes of at least 4 members (excludes halogenated alkanes) is 8. The molecule has 1 aliphatic heterocycles. The summed E-state index contributed by atoms with van der Waals surface area (Å²) in [5.74, 6) is 0. The van der Waals surface area contributed by atoms with Gasteiger partial charge in [0.15, 0.2) is 0 Å². The van der Waals surface area contributed by atoms with E-state index in [1.807, 2.05) is 0 Å². The number of ether oxygens (including phenoxy) is 2. The molecule has 1 heterocycles. The summed E-state index contributed by atoms with van der Waals surface area (Å²) in [6.07, 6.45) is 12.4. The highest BCUT2D eigenvalue weighted by Crippen LogP contribution is 2.20. The third-order valence-corrected chi connectivity index (χ3v) is 4.57. The van der Waals surface area contributed by atoms with Crippen LogP contribution >= 0.6 is 0 Å². The molecular weight excluding hydrogens is 308 g/mol. The first-order valence-electron chi connectivity index (χ1n) is 9.52. The van der Waals surface area contributed by atoms with Crippen molar-refractivity contribution in [3.8, 4) is 0 Å². The van der Waals surface area contributed by atoms with Gasteiger partial charge in [0.2, 0.25) is 0 Å². The number of allylic oxidation sites excluding steroid dienone is 2. The van der Waals surface area contributed by atoms with E-state index in [4.69, 9.17) is 14.6 Å². The molecule has 5 heteroatoms. The van der Waals surface area contributed by atoms with E-state index in [0.717, 1.165) is 12.8 Å². The van der Waals surface area contributed by atoms with Gasteiger partial charge in [-0.25, -0.2) is 0 Å². The molecule has 0 bridgehead atoms. The second-order valence-electron chi connectivity index (χ2n) is 6.63. The average Bonchev–Trinajstić information content (AvgIpc) is 2.96. The molecule has 0 radical (unpaired) electrons. The zero-order chi connectivity index (χ0) is 17.6. The zero-order valence-corrected chi connectivity index (χ0v) is 15.1. The van der Waals surface area contributed by atoms with Crippen molar-refractivity contribution >= 4 is 0 Å². The molecule has 24 heavy (non-hydrogen) atoms. The van der Waals surface area contributed by atoms with Gasteiger partial charge in [-0.1, -0.05) is 50.7 Å². The number of hydrogen-bond acceptors (Lipinski definition) is 5. The zero-order valence-electron chi connectivity index (χ0n) is 15.1. The van der Waals surface area contributed by atoms with Crippen LogP contribution in [0.15, 0.2) is 12.2 Å². The molecular formula is C19H36O5. The van der Waals surface area contributed by atoms with E-state index in [2.05, 4.69) is 19.1 Å². The first-order valence-corrected chi connectivity index (χ1v) is 9.52. The van der Waals surface area contributed by atoms with Gasteiger partial charge in [-0.15, -0.1) is 0 Å². The summed E-state index contributed by atoms with van der Waals surface area (Å²) in [5.41, 5.74) is 0. The van der Waals surface area contributed by atoms with Gasteiger partial charge in [-0.05, 0) is 26.2 Å². The van der Waals surface area contributed by atoms with Crippen LogP contribution in [0.1, 0.15) is 64.7 Å². The van der Waals surface area contributed by atoms with Crippen molar-refractivity contribution in [2.75, 3.05) is 19.8 Å². The molecule has 142 valence electrons. The monoisotopic (exact) mass is 344 g/mol. The predicted octanol–water partition coefficient (Wildman–Crippen LogP) is 2.57. The van der Waals surface area contributed by atoms with Crippen molar-refractivity contribution in [1.82, 2.24) is 0 Å². The molecule has 3 N–H and O–H groups in total. The summed E-state index contributed by atoms with van der Waals surface area (Å²) in [4.78, 5) is 0. The molecule has 0 aromatic carbocycles. The van der Waals surface area contributed by atoms with Crippen LogP contribution in [0.4, 0.5) is 0 Å². The van der Waals surface area contributed by atoms with E-state index in [1.165, 1.54) is 44.9 Å². The molecule has 4 atom stereocenters. The lowest BCUT2D eigenvalue weighted by atomic mass is 10.1. The van der Waals surface area contributed by atoms with Crippen molar-refractivity contribution in [2.45, 2.75) is 89.1 Å². The van der Waals surface area contributed by atoms with Gasteiger partial charge in [0, 0.05) is 6.61 Å². The summed E-state index contributed by atoms with van der Waals surface area (Å²) in [7, 11) is 0. The van der Waals surface area contributed by atoms with Gasteiger partial charge in [0.25, 0.3) is 0 Å². The summed E-state index contributed by atoms with van der Waals surface area (Å²) in [6.45, 7) is 2.54. The first kappa shape index (κ1) is 21.6. The maximum absolute atomic E-state index is 10.0. The van der Waals surface area contributed by atoms with Gasteiger partial charge >= 0.3 is 0 Å². The van der Waals surface area contributed by atoms with E-state index in [0.29, 0.717) is 6.61 Å². The van der Waals surface area contributed by atoms with Crippen LogP contribution in [-0.2, 0) is 9.47 Å². The molecule has 0 amide bonds. The summed E-state index contributed by atoms with van der Waals surface area (Å²) < 4.78 is 10.9. The van der Waals surface area contributed by atoms with Crippen molar-refractivity contribution in [3.63, 3.8) is 0 Å². The fourth-order valence-corrected chi connectivity index (χ4v) is 3.03. The van der Waals surface area contributed by atoms with E-state index in [9.17, 15) is 10.2 Å². The fraction of sp³-hybridized carbons (Fsp3) is 0.895. The van der Waals surface area contributed by atoms with Crippen molar-refractivity contribution < 1.29 is 24.8 Å². The van der Waals surface area contributed by atoms with Gasteiger partial charge in [0.05, 0.1) is 13.2 Å². The quantitative estimate of drug-likeness (QED) is 0.333. The average molecular weight is 344 g/mol. The van der Waals surface area contributed by atoms with Crippen LogP contribution in [-0.4, -0.2) is 59.6 Å². The Balaban J connectivity index is 1.90. The number of hydrogen-bond donors (Lipinski definition) is 3. The molecule has 0 aliphatic carbocycles. The Hall–Kier alpha value is -0.460. The van der Waals surface area contributed by atoms with Gasteiger partial charge in [-0.3, -0.25) is 0 Å². The molecule has 1 saturated heterocycles. The highest BCUT2D eigenvalue weighted by Gasteiger charge is 2.40. The SMILES string of the molecule is C/C=C/CCCCCCCCCCO[C@H]1CO[C@H]([C@H](O)CO)[C@@H]1O. The highest BCUT2D eigenvalue weighted by atomic mass is 16.6. The van der Waals surface area contributed by atoms with Crippen molar-refractivity contribution in [1.29, 1.82) is 0 Å². The molecule has 1 fully saturated rings. The molecule has 1 rings (SSSR count). The summed E-state index contributed by atoms with van der Waals surface area (Å²) in [6, 6.07) is 0.